The fourth-order valence-electron chi connectivity index (χ4n) is 1.60. The zero-order valence-corrected chi connectivity index (χ0v) is 12.7. The molecule has 0 bridgehead atoms. The standard InChI is InChI=1S/C13H12Cl2N2O2S/c14-7-5-10-1-3-11(4-2-10)20(18,19)17-13-9-16-8-6-12(13)15/h1-4,6,8-9,17H,5,7H2. The summed E-state index contributed by atoms with van der Waals surface area (Å²) in [5.41, 5.74) is 1.23. The number of halogens is 2. The van der Waals surface area contributed by atoms with Gasteiger partial charge in [0, 0.05) is 12.1 Å². The molecule has 0 aliphatic heterocycles. The predicted octanol–water partition coefficient (Wildman–Crippen LogP) is 3.32. The number of pyridine rings is 1. The molecule has 1 N–H and O–H groups in total. The van der Waals surface area contributed by atoms with E-state index in [2.05, 4.69) is 9.71 Å². The maximum Gasteiger partial charge on any atom is 0.261 e. The minimum Gasteiger partial charge on any atom is -0.277 e. The normalized spacial score (nSPS) is 11.3. The summed E-state index contributed by atoms with van der Waals surface area (Å²) >= 11 is 11.5. The van der Waals surface area contributed by atoms with Gasteiger partial charge in [-0.2, -0.15) is 0 Å². The molecule has 2 rings (SSSR count). The number of benzene rings is 1. The summed E-state index contributed by atoms with van der Waals surface area (Å²) in [4.78, 5) is 4.00. The smallest absolute Gasteiger partial charge is 0.261 e. The SMILES string of the molecule is O=S(=O)(Nc1cnccc1Cl)c1ccc(CCCl)cc1. The largest absolute Gasteiger partial charge is 0.277 e. The second-order valence-electron chi connectivity index (χ2n) is 4.04. The summed E-state index contributed by atoms with van der Waals surface area (Å²) in [7, 11) is -3.67. The van der Waals surface area contributed by atoms with Gasteiger partial charge in [-0.1, -0.05) is 23.7 Å². The number of anilines is 1. The van der Waals surface area contributed by atoms with Crippen LogP contribution >= 0.6 is 23.2 Å². The number of sulfonamides is 1. The Bertz CT molecular complexity index is 688. The van der Waals surface area contributed by atoms with Crippen LogP contribution in [-0.4, -0.2) is 19.3 Å². The van der Waals surface area contributed by atoms with Crippen LogP contribution in [0, 0.1) is 0 Å². The van der Waals surface area contributed by atoms with Crippen molar-refractivity contribution in [1.29, 1.82) is 0 Å². The Morgan fingerprint density at radius 3 is 2.45 bits per heavy atom. The summed E-state index contributed by atoms with van der Waals surface area (Å²) in [5, 5.41) is 0.294. The van der Waals surface area contributed by atoms with Crippen molar-refractivity contribution in [2.75, 3.05) is 10.6 Å². The van der Waals surface area contributed by atoms with E-state index in [0.29, 0.717) is 17.3 Å². The van der Waals surface area contributed by atoms with Crippen LogP contribution in [0.5, 0.6) is 0 Å². The van der Waals surface area contributed by atoms with E-state index >= 15 is 0 Å². The van der Waals surface area contributed by atoms with Crippen molar-refractivity contribution in [3.63, 3.8) is 0 Å². The first-order valence-electron chi connectivity index (χ1n) is 5.80. The molecule has 0 fully saturated rings. The first-order valence-corrected chi connectivity index (χ1v) is 8.20. The van der Waals surface area contributed by atoms with E-state index in [-0.39, 0.29) is 10.6 Å². The molecule has 106 valence electrons. The third-order valence-electron chi connectivity index (χ3n) is 2.63. The Hall–Kier alpha value is -1.30. The maximum absolute atomic E-state index is 12.2. The molecule has 2 aromatic rings. The highest BCUT2D eigenvalue weighted by Gasteiger charge is 2.15. The van der Waals surface area contributed by atoms with Gasteiger partial charge < -0.3 is 0 Å². The Kier molecular flexibility index (Phi) is 4.86. The van der Waals surface area contributed by atoms with Gasteiger partial charge in [-0.15, -0.1) is 11.6 Å². The molecule has 0 saturated heterocycles. The van der Waals surface area contributed by atoms with E-state index in [1.165, 1.54) is 30.6 Å². The molecule has 0 radical (unpaired) electrons. The first kappa shape index (κ1) is 15.1. The molecule has 0 saturated carbocycles. The van der Waals surface area contributed by atoms with Crippen LogP contribution in [-0.2, 0) is 16.4 Å². The monoisotopic (exact) mass is 330 g/mol. The lowest BCUT2D eigenvalue weighted by Gasteiger charge is -2.09. The summed E-state index contributed by atoms with van der Waals surface area (Å²) in [6, 6.07) is 8.07. The van der Waals surface area contributed by atoms with Gasteiger partial charge in [0.2, 0.25) is 0 Å². The molecule has 0 atom stereocenters. The average Bonchev–Trinajstić information content (AvgIpc) is 2.42. The van der Waals surface area contributed by atoms with Gasteiger partial charge in [0.05, 0.1) is 21.8 Å². The number of alkyl halides is 1. The molecule has 0 amide bonds. The molecule has 7 heteroatoms. The van der Waals surface area contributed by atoms with Crippen molar-refractivity contribution in [3.8, 4) is 0 Å². The third kappa shape index (κ3) is 3.62. The van der Waals surface area contributed by atoms with Gasteiger partial charge in [0.1, 0.15) is 0 Å². The van der Waals surface area contributed by atoms with E-state index in [1.807, 2.05) is 0 Å². The number of aromatic nitrogens is 1. The van der Waals surface area contributed by atoms with Crippen LogP contribution in [0.25, 0.3) is 0 Å². The number of hydrogen-bond acceptors (Lipinski definition) is 3. The summed E-state index contributed by atoms with van der Waals surface area (Å²) in [6.45, 7) is 0. The van der Waals surface area contributed by atoms with E-state index in [1.54, 1.807) is 12.1 Å². The molecule has 0 aliphatic rings. The lowest BCUT2D eigenvalue weighted by atomic mass is 10.2. The van der Waals surface area contributed by atoms with Crippen LogP contribution in [0.2, 0.25) is 5.02 Å². The topological polar surface area (TPSA) is 59.1 Å². The fraction of sp³-hybridized carbons (Fsp3) is 0.154. The molecular formula is C13H12Cl2N2O2S. The Labute approximate surface area is 127 Å². The number of nitrogens with zero attached hydrogens (tertiary/aromatic N) is 1. The Morgan fingerprint density at radius 1 is 1.15 bits per heavy atom. The molecule has 4 nitrogen and oxygen atoms in total. The van der Waals surface area contributed by atoms with Gasteiger partial charge >= 0.3 is 0 Å². The van der Waals surface area contributed by atoms with Crippen LogP contribution in [0.15, 0.2) is 47.6 Å². The predicted molar refractivity (Wildman–Crippen MR) is 80.9 cm³/mol. The van der Waals surface area contributed by atoms with Crippen LogP contribution in [0.4, 0.5) is 5.69 Å². The lowest BCUT2D eigenvalue weighted by Crippen LogP contribution is -2.13. The second-order valence-corrected chi connectivity index (χ2v) is 6.51. The summed E-state index contributed by atoms with van der Waals surface area (Å²) in [6.07, 6.45) is 3.55. The van der Waals surface area contributed by atoms with Gasteiger partial charge in [0.15, 0.2) is 0 Å². The van der Waals surface area contributed by atoms with Crippen LogP contribution in [0.3, 0.4) is 0 Å². The number of nitrogens with one attached hydrogen (secondary N) is 1. The number of rotatable bonds is 5. The van der Waals surface area contributed by atoms with E-state index in [0.717, 1.165) is 5.56 Å². The molecule has 0 spiro atoms. The maximum atomic E-state index is 12.2. The highest BCUT2D eigenvalue weighted by atomic mass is 35.5. The Morgan fingerprint density at radius 2 is 1.85 bits per heavy atom. The molecular weight excluding hydrogens is 319 g/mol. The van der Waals surface area contributed by atoms with Gasteiger partial charge in [-0.3, -0.25) is 9.71 Å². The van der Waals surface area contributed by atoms with E-state index < -0.39 is 10.0 Å². The van der Waals surface area contributed by atoms with Gasteiger partial charge in [-0.05, 0) is 30.2 Å². The van der Waals surface area contributed by atoms with Crippen molar-refractivity contribution in [1.82, 2.24) is 4.98 Å². The average molecular weight is 331 g/mol. The highest BCUT2D eigenvalue weighted by molar-refractivity contribution is 7.92. The third-order valence-corrected chi connectivity index (χ3v) is 4.53. The quantitative estimate of drug-likeness (QED) is 0.855. The second kappa shape index (κ2) is 6.43. The Balaban J connectivity index is 2.24. The number of aryl methyl sites for hydroxylation is 1. The molecule has 1 aromatic heterocycles. The van der Waals surface area contributed by atoms with E-state index in [4.69, 9.17) is 23.2 Å². The van der Waals surface area contributed by atoms with Crippen LogP contribution in [0.1, 0.15) is 5.56 Å². The van der Waals surface area contributed by atoms with Crippen molar-refractivity contribution < 1.29 is 8.42 Å². The lowest BCUT2D eigenvalue weighted by molar-refractivity contribution is 0.601. The molecule has 1 heterocycles. The molecule has 0 unspecified atom stereocenters. The highest BCUT2D eigenvalue weighted by Crippen LogP contribution is 2.23. The fourth-order valence-corrected chi connectivity index (χ4v) is 3.09. The molecule has 1 aromatic carbocycles. The zero-order chi connectivity index (χ0) is 14.6. The van der Waals surface area contributed by atoms with Gasteiger partial charge in [0.25, 0.3) is 10.0 Å². The minimum absolute atomic E-state index is 0.163. The van der Waals surface area contributed by atoms with Crippen molar-refractivity contribution in [3.05, 3.63) is 53.3 Å². The van der Waals surface area contributed by atoms with Crippen LogP contribution < -0.4 is 4.72 Å². The molecule has 0 aliphatic carbocycles. The van der Waals surface area contributed by atoms with Crippen molar-refractivity contribution in [2.24, 2.45) is 0 Å². The molecule has 20 heavy (non-hydrogen) atoms. The van der Waals surface area contributed by atoms with E-state index in [9.17, 15) is 8.42 Å². The minimum atomic E-state index is -3.67. The zero-order valence-electron chi connectivity index (χ0n) is 10.4. The number of hydrogen-bond donors (Lipinski definition) is 1. The summed E-state index contributed by atoms with van der Waals surface area (Å²) < 4.78 is 26.8. The van der Waals surface area contributed by atoms with Crippen molar-refractivity contribution in [2.45, 2.75) is 11.3 Å². The summed E-state index contributed by atoms with van der Waals surface area (Å²) in [5.74, 6) is 0.496. The van der Waals surface area contributed by atoms with Gasteiger partial charge in [-0.25, -0.2) is 8.42 Å². The first-order chi connectivity index (χ1) is 9.53. The van der Waals surface area contributed by atoms with Crippen molar-refractivity contribution >= 4 is 38.9 Å².